The first-order valence-corrected chi connectivity index (χ1v) is 4.96. The molecule has 0 bridgehead atoms. The first-order chi connectivity index (χ1) is 8.18. The predicted molar refractivity (Wildman–Crippen MR) is 52.3 cm³/mol. The number of aromatic nitrogens is 1. The molecule has 0 aliphatic rings. The number of hydrogen-bond acceptors (Lipinski definition) is 2. The molecule has 0 radical (unpaired) electrons. The molecule has 0 fully saturated rings. The normalized spacial score (nSPS) is 11.9. The van der Waals surface area contributed by atoms with Crippen LogP contribution in [0.5, 0.6) is 0 Å². The molecule has 0 unspecified atom stereocenters. The van der Waals surface area contributed by atoms with Crippen LogP contribution in [-0.2, 0) is 12.1 Å². The molecule has 0 saturated heterocycles. The summed E-state index contributed by atoms with van der Waals surface area (Å²) in [6, 6.07) is 0.194. The summed E-state index contributed by atoms with van der Waals surface area (Å²) < 4.78 is 63.1. The van der Waals surface area contributed by atoms with Crippen molar-refractivity contribution in [2.75, 3.05) is 0 Å². The zero-order valence-corrected chi connectivity index (χ0v) is 9.32. The van der Waals surface area contributed by atoms with Crippen molar-refractivity contribution >= 4 is 17.5 Å². The molecular formula is C9H6ClF5N2O. The quantitative estimate of drug-likeness (QED) is 0.687. The Balaban J connectivity index is 3.62. The van der Waals surface area contributed by atoms with Crippen LogP contribution in [0.3, 0.4) is 0 Å². The van der Waals surface area contributed by atoms with Crippen molar-refractivity contribution in [3.8, 4) is 0 Å². The zero-order valence-electron chi connectivity index (χ0n) is 8.56. The summed E-state index contributed by atoms with van der Waals surface area (Å²) in [6.07, 6.45) is -8.47. The topological polar surface area (TPSA) is 56.0 Å². The molecule has 3 nitrogen and oxygen atoms in total. The van der Waals surface area contributed by atoms with E-state index < -0.39 is 46.9 Å². The lowest BCUT2D eigenvalue weighted by atomic mass is 10.0. The lowest BCUT2D eigenvalue weighted by Gasteiger charge is -2.15. The smallest absolute Gasteiger partial charge is 0.364 e. The van der Waals surface area contributed by atoms with Crippen LogP contribution in [0.1, 0.15) is 33.7 Å². The second kappa shape index (κ2) is 5.05. The molecule has 1 amide bonds. The van der Waals surface area contributed by atoms with E-state index in [1.165, 1.54) is 0 Å². The van der Waals surface area contributed by atoms with E-state index in [0.717, 1.165) is 0 Å². The molecule has 0 saturated carbocycles. The molecule has 9 heteroatoms. The summed E-state index contributed by atoms with van der Waals surface area (Å²) in [7, 11) is 0. The molecular weight excluding hydrogens is 283 g/mol. The third-order valence-corrected chi connectivity index (χ3v) is 2.29. The molecule has 0 aliphatic carbocycles. The summed E-state index contributed by atoms with van der Waals surface area (Å²) >= 11 is 5.26. The Morgan fingerprint density at radius 2 is 2.00 bits per heavy atom. The number of nitrogens with two attached hydrogens (primary N) is 1. The predicted octanol–water partition coefficient (Wildman–Crippen LogP) is 2.88. The van der Waals surface area contributed by atoms with E-state index in [2.05, 4.69) is 4.98 Å². The minimum Gasteiger partial charge on any atom is -0.364 e. The van der Waals surface area contributed by atoms with Gasteiger partial charge in [0.05, 0.1) is 22.7 Å². The highest BCUT2D eigenvalue weighted by Gasteiger charge is 2.38. The van der Waals surface area contributed by atoms with Crippen LogP contribution >= 0.6 is 11.6 Å². The highest BCUT2D eigenvalue weighted by atomic mass is 35.5. The van der Waals surface area contributed by atoms with Crippen LogP contribution in [0.2, 0.25) is 0 Å². The van der Waals surface area contributed by atoms with Crippen molar-refractivity contribution in [3.63, 3.8) is 0 Å². The number of rotatable bonds is 3. The zero-order chi connectivity index (χ0) is 14.1. The Kier molecular flexibility index (Phi) is 4.10. The van der Waals surface area contributed by atoms with Gasteiger partial charge in [-0.25, -0.2) is 13.8 Å². The second-order valence-corrected chi connectivity index (χ2v) is 3.48. The van der Waals surface area contributed by atoms with Crippen LogP contribution < -0.4 is 5.73 Å². The molecule has 1 heterocycles. The fraction of sp³-hybridized carbons (Fsp3) is 0.333. The minimum atomic E-state index is -5.06. The van der Waals surface area contributed by atoms with Crippen LogP contribution in [0.25, 0.3) is 0 Å². The van der Waals surface area contributed by atoms with E-state index in [9.17, 15) is 26.7 Å². The number of carbonyl (C=O) groups is 1. The second-order valence-electron chi connectivity index (χ2n) is 3.21. The number of carbonyl (C=O) groups excluding carboxylic acids is 1. The third-order valence-electron chi connectivity index (χ3n) is 2.04. The van der Waals surface area contributed by atoms with Gasteiger partial charge in [-0.2, -0.15) is 13.2 Å². The number of alkyl halides is 6. The Bertz CT molecular complexity index is 475. The summed E-state index contributed by atoms with van der Waals surface area (Å²) in [5.41, 5.74) is 0.315. The van der Waals surface area contributed by atoms with Gasteiger partial charge < -0.3 is 5.73 Å². The van der Waals surface area contributed by atoms with Gasteiger partial charge in [-0.15, -0.1) is 11.6 Å². The fourth-order valence-corrected chi connectivity index (χ4v) is 1.52. The van der Waals surface area contributed by atoms with Crippen molar-refractivity contribution in [3.05, 3.63) is 28.6 Å². The minimum absolute atomic E-state index is 0.194. The van der Waals surface area contributed by atoms with Gasteiger partial charge in [0.1, 0.15) is 5.69 Å². The van der Waals surface area contributed by atoms with Crippen molar-refractivity contribution in [2.24, 2.45) is 5.73 Å². The average molecular weight is 289 g/mol. The van der Waals surface area contributed by atoms with Crippen LogP contribution in [-0.4, -0.2) is 10.9 Å². The molecule has 100 valence electrons. The van der Waals surface area contributed by atoms with Gasteiger partial charge in [-0.3, -0.25) is 4.79 Å². The standard InChI is InChI=1S/C9H6ClF5N2O/c10-2-5-6(7(11)12)3(9(13,14)15)1-4(17-5)8(16)18/h1,7H,2H2,(H2,16,18). The van der Waals surface area contributed by atoms with E-state index in [4.69, 9.17) is 17.3 Å². The van der Waals surface area contributed by atoms with Gasteiger partial charge in [-0.1, -0.05) is 0 Å². The largest absolute Gasteiger partial charge is 0.417 e. The van der Waals surface area contributed by atoms with Crippen LogP contribution in [0.15, 0.2) is 6.07 Å². The van der Waals surface area contributed by atoms with Gasteiger partial charge in [0.25, 0.3) is 12.3 Å². The third kappa shape index (κ3) is 2.87. The first-order valence-electron chi connectivity index (χ1n) is 4.43. The number of pyridine rings is 1. The van der Waals surface area contributed by atoms with Gasteiger partial charge in [0.2, 0.25) is 0 Å². The van der Waals surface area contributed by atoms with Gasteiger partial charge in [-0.05, 0) is 6.07 Å². The summed E-state index contributed by atoms with van der Waals surface area (Å²) in [6.45, 7) is 0. The molecule has 2 N–H and O–H groups in total. The molecule has 1 aromatic rings. The molecule has 0 aromatic carbocycles. The van der Waals surface area contributed by atoms with Crippen molar-refractivity contribution in [1.29, 1.82) is 0 Å². The molecule has 1 rings (SSSR count). The van der Waals surface area contributed by atoms with E-state index in [1.54, 1.807) is 0 Å². The number of primary amides is 1. The van der Waals surface area contributed by atoms with Gasteiger partial charge in [0.15, 0.2) is 0 Å². The lowest BCUT2D eigenvalue weighted by molar-refractivity contribution is -0.139. The van der Waals surface area contributed by atoms with E-state index in [1.807, 2.05) is 0 Å². The van der Waals surface area contributed by atoms with Crippen molar-refractivity contribution < 1.29 is 26.7 Å². The summed E-state index contributed by atoms with van der Waals surface area (Å²) in [5, 5.41) is 0. The number of halogens is 6. The Hall–Kier alpha value is -1.44. The van der Waals surface area contributed by atoms with Gasteiger partial charge in [0, 0.05) is 0 Å². The maximum atomic E-state index is 12.6. The highest BCUT2D eigenvalue weighted by Crippen LogP contribution is 2.38. The molecule has 0 atom stereocenters. The van der Waals surface area contributed by atoms with Crippen LogP contribution in [0, 0.1) is 0 Å². The van der Waals surface area contributed by atoms with Crippen molar-refractivity contribution in [2.45, 2.75) is 18.5 Å². The fourth-order valence-electron chi connectivity index (χ4n) is 1.31. The Morgan fingerprint density at radius 3 is 2.33 bits per heavy atom. The SMILES string of the molecule is NC(=O)c1cc(C(F)(F)F)c(C(F)F)c(CCl)n1. The van der Waals surface area contributed by atoms with Crippen LogP contribution in [0.4, 0.5) is 22.0 Å². The van der Waals surface area contributed by atoms with E-state index >= 15 is 0 Å². The first kappa shape index (κ1) is 14.6. The molecule has 18 heavy (non-hydrogen) atoms. The number of amides is 1. The molecule has 0 aliphatic heterocycles. The molecule has 1 aromatic heterocycles. The molecule has 0 spiro atoms. The van der Waals surface area contributed by atoms with Gasteiger partial charge >= 0.3 is 6.18 Å². The Labute approximate surface area is 103 Å². The van der Waals surface area contributed by atoms with Crippen molar-refractivity contribution in [1.82, 2.24) is 4.98 Å². The maximum Gasteiger partial charge on any atom is 0.417 e. The summed E-state index contributed by atoms with van der Waals surface area (Å²) in [4.78, 5) is 14.1. The summed E-state index contributed by atoms with van der Waals surface area (Å²) in [5.74, 6) is -1.95. The van der Waals surface area contributed by atoms with E-state index in [0.29, 0.717) is 0 Å². The number of nitrogens with zero attached hydrogens (tertiary/aromatic N) is 1. The Morgan fingerprint density at radius 1 is 1.44 bits per heavy atom. The lowest BCUT2D eigenvalue weighted by Crippen LogP contribution is -2.19. The highest BCUT2D eigenvalue weighted by molar-refractivity contribution is 6.17. The van der Waals surface area contributed by atoms with E-state index in [-0.39, 0.29) is 6.07 Å². The maximum absolute atomic E-state index is 12.6. The average Bonchev–Trinajstić information content (AvgIpc) is 2.25. The number of hydrogen-bond donors (Lipinski definition) is 1. The monoisotopic (exact) mass is 288 g/mol.